The van der Waals surface area contributed by atoms with Crippen LogP contribution in [0.1, 0.15) is 25.0 Å². The van der Waals surface area contributed by atoms with Gasteiger partial charge in [-0.2, -0.15) is 0 Å². The summed E-state index contributed by atoms with van der Waals surface area (Å²) >= 11 is 0. The molecule has 57 heavy (non-hydrogen) atoms. The number of nitrogens with zero attached hydrogens (tertiary/aromatic N) is 1. The van der Waals surface area contributed by atoms with Crippen LogP contribution < -0.4 is 4.90 Å². The van der Waals surface area contributed by atoms with Gasteiger partial charge < -0.3 is 9.32 Å². The molecule has 0 unspecified atom stereocenters. The normalized spacial score (nSPS) is 12.9. The molecule has 10 aromatic rings. The number of hydrogen-bond donors (Lipinski definition) is 0. The third kappa shape index (κ3) is 5.33. The van der Waals surface area contributed by atoms with E-state index in [1.165, 1.54) is 55.3 Å². The zero-order valence-electron chi connectivity index (χ0n) is 31.9. The summed E-state index contributed by atoms with van der Waals surface area (Å²) in [5.74, 6) is 0. The third-order valence-electron chi connectivity index (χ3n) is 12.0. The number of benzene rings is 9. The molecule has 1 aliphatic carbocycles. The van der Waals surface area contributed by atoms with Crippen LogP contribution in [0.15, 0.2) is 205 Å². The molecule has 1 heterocycles. The van der Waals surface area contributed by atoms with Crippen molar-refractivity contribution in [3.8, 4) is 44.5 Å². The SMILES string of the molecule is CC1(C)c2ccccc2-c2c(-c3ccccc3N(c3cccc(-c4ccc5ccccc5c4)c3)c3cccc(-c4cccc5oc6ccccc6c45)c3)cccc21. The summed E-state index contributed by atoms with van der Waals surface area (Å²) < 4.78 is 6.34. The van der Waals surface area contributed by atoms with E-state index in [1.807, 2.05) is 6.07 Å². The van der Waals surface area contributed by atoms with Crippen LogP contribution in [0.25, 0.3) is 77.2 Å². The molecule has 0 fully saturated rings. The van der Waals surface area contributed by atoms with Crippen molar-refractivity contribution in [1.29, 1.82) is 0 Å². The highest BCUT2D eigenvalue weighted by Crippen LogP contribution is 2.54. The van der Waals surface area contributed by atoms with E-state index in [1.54, 1.807) is 0 Å². The molecule has 0 spiro atoms. The lowest BCUT2D eigenvalue weighted by atomic mass is 9.82. The number of fused-ring (bicyclic) bond motifs is 7. The molecule has 0 radical (unpaired) electrons. The summed E-state index contributed by atoms with van der Waals surface area (Å²) in [7, 11) is 0. The summed E-state index contributed by atoms with van der Waals surface area (Å²) in [4.78, 5) is 2.45. The lowest BCUT2D eigenvalue weighted by Gasteiger charge is -2.29. The molecule has 0 saturated heterocycles. The Morgan fingerprint density at radius 3 is 1.88 bits per heavy atom. The second kappa shape index (κ2) is 13.0. The molecule has 9 aromatic carbocycles. The van der Waals surface area contributed by atoms with Crippen LogP contribution in [0.4, 0.5) is 17.1 Å². The van der Waals surface area contributed by atoms with Crippen molar-refractivity contribution in [2.24, 2.45) is 0 Å². The maximum atomic E-state index is 6.34. The van der Waals surface area contributed by atoms with Gasteiger partial charge in [0.1, 0.15) is 11.2 Å². The molecular weight excluding hydrogens is 691 g/mol. The standard InChI is InChI=1S/C55H39NO/c1-55(2)48-26-8-5-22-46(48)53-45(25-13-27-49(53)55)44-21-6-9-28-50(44)56(41-19-11-17-38(34-41)39-32-31-36-15-3-4-16-37(36)33-39)42-20-12-18-40(35-42)43-24-14-30-52-54(43)47-23-7-10-29-51(47)57-52/h3-35H,1-2H3. The van der Waals surface area contributed by atoms with E-state index in [9.17, 15) is 0 Å². The van der Waals surface area contributed by atoms with E-state index < -0.39 is 0 Å². The van der Waals surface area contributed by atoms with Crippen molar-refractivity contribution in [3.05, 3.63) is 211 Å². The number of furan rings is 1. The van der Waals surface area contributed by atoms with Crippen molar-refractivity contribution < 1.29 is 4.42 Å². The van der Waals surface area contributed by atoms with Crippen LogP contribution in [-0.2, 0) is 5.41 Å². The fraction of sp³-hybridized carbons (Fsp3) is 0.0545. The van der Waals surface area contributed by atoms with Gasteiger partial charge in [0.2, 0.25) is 0 Å². The third-order valence-corrected chi connectivity index (χ3v) is 12.0. The lowest BCUT2D eigenvalue weighted by molar-refractivity contribution is 0.660. The van der Waals surface area contributed by atoms with Gasteiger partial charge in [0.15, 0.2) is 0 Å². The predicted molar refractivity (Wildman–Crippen MR) is 240 cm³/mol. The van der Waals surface area contributed by atoms with E-state index in [0.29, 0.717) is 0 Å². The van der Waals surface area contributed by atoms with Gasteiger partial charge in [0, 0.05) is 33.1 Å². The maximum Gasteiger partial charge on any atom is 0.136 e. The predicted octanol–water partition coefficient (Wildman–Crippen LogP) is 15.5. The summed E-state index contributed by atoms with van der Waals surface area (Å²) in [5.41, 5.74) is 17.4. The van der Waals surface area contributed by atoms with Gasteiger partial charge in [0.25, 0.3) is 0 Å². The van der Waals surface area contributed by atoms with Gasteiger partial charge in [-0.3, -0.25) is 0 Å². The lowest BCUT2D eigenvalue weighted by Crippen LogP contribution is -2.15. The Bertz CT molecular complexity index is 3180. The van der Waals surface area contributed by atoms with Crippen molar-refractivity contribution in [1.82, 2.24) is 0 Å². The molecule has 0 N–H and O–H groups in total. The number of rotatable bonds is 6. The number of hydrogen-bond acceptors (Lipinski definition) is 2. The van der Waals surface area contributed by atoms with E-state index >= 15 is 0 Å². The fourth-order valence-electron chi connectivity index (χ4n) is 9.32. The van der Waals surface area contributed by atoms with Gasteiger partial charge in [-0.1, -0.05) is 166 Å². The van der Waals surface area contributed by atoms with E-state index in [2.05, 4.69) is 213 Å². The second-order valence-corrected chi connectivity index (χ2v) is 15.7. The molecule has 2 nitrogen and oxygen atoms in total. The molecular formula is C55H39NO. The Labute approximate surface area is 332 Å². The summed E-state index contributed by atoms with van der Waals surface area (Å²) in [6.07, 6.45) is 0. The highest BCUT2D eigenvalue weighted by atomic mass is 16.3. The zero-order valence-corrected chi connectivity index (χ0v) is 31.9. The molecule has 270 valence electrons. The van der Waals surface area contributed by atoms with Gasteiger partial charge >= 0.3 is 0 Å². The van der Waals surface area contributed by atoms with E-state index in [4.69, 9.17) is 4.42 Å². The van der Waals surface area contributed by atoms with Crippen LogP contribution >= 0.6 is 0 Å². The minimum Gasteiger partial charge on any atom is -0.456 e. The van der Waals surface area contributed by atoms with Crippen LogP contribution in [-0.4, -0.2) is 0 Å². The van der Waals surface area contributed by atoms with Gasteiger partial charge in [-0.25, -0.2) is 0 Å². The highest BCUT2D eigenvalue weighted by Gasteiger charge is 2.37. The Morgan fingerprint density at radius 1 is 0.404 bits per heavy atom. The largest absolute Gasteiger partial charge is 0.456 e. The molecule has 0 atom stereocenters. The molecule has 0 amide bonds. The molecule has 0 saturated carbocycles. The average Bonchev–Trinajstić information content (AvgIpc) is 3.76. The van der Waals surface area contributed by atoms with Gasteiger partial charge in [-0.05, 0) is 109 Å². The highest BCUT2D eigenvalue weighted by molar-refractivity contribution is 6.12. The van der Waals surface area contributed by atoms with Crippen molar-refractivity contribution in [2.75, 3.05) is 4.90 Å². The molecule has 0 bridgehead atoms. The first-order valence-corrected chi connectivity index (χ1v) is 19.8. The smallest absolute Gasteiger partial charge is 0.136 e. The quantitative estimate of drug-likeness (QED) is 0.169. The molecule has 1 aromatic heterocycles. The first-order chi connectivity index (χ1) is 28.0. The molecule has 2 heteroatoms. The topological polar surface area (TPSA) is 16.4 Å². The minimum absolute atomic E-state index is 0.0998. The number of para-hydroxylation sites is 2. The summed E-state index contributed by atoms with van der Waals surface area (Å²) in [6.45, 7) is 4.71. The van der Waals surface area contributed by atoms with Crippen LogP contribution in [0.3, 0.4) is 0 Å². The number of anilines is 3. The zero-order chi connectivity index (χ0) is 38.1. The Kier molecular flexibility index (Phi) is 7.55. The first-order valence-electron chi connectivity index (χ1n) is 19.8. The fourth-order valence-corrected chi connectivity index (χ4v) is 9.32. The monoisotopic (exact) mass is 729 g/mol. The second-order valence-electron chi connectivity index (χ2n) is 15.7. The van der Waals surface area contributed by atoms with Crippen LogP contribution in [0, 0.1) is 0 Å². The van der Waals surface area contributed by atoms with Crippen LogP contribution in [0.2, 0.25) is 0 Å². The minimum atomic E-state index is -0.0998. The molecule has 11 rings (SSSR count). The van der Waals surface area contributed by atoms with Crippen molar-refractivity contribution >= 4 is 49.8 Å². The Morgan fingerprint density at radius 2 is 1.00 bits per heavy atom. The Balaban J connectivity index is 1.14. The van der Waals surface area contributed by atoms with Crippen LogP contribution in [0.5, 0.6) is 0 Å². The molecule has 1 aliphatic rings. The van der Waals surface area contributed by atoms with Gasteiger partial charge in [0.05, 0.1) is 5.69 Å². The Hall–Kier alpha value is -7.16. The molecule has 0 aliphatic heterocycles. The first kappa shape index (κ1) is 33.2. The van der Waals surface area contributed by atoms with E-state index in [-0.39, 0.29) is 5.41 Å². The summed E-state index contributed by atoms with van der Waals surface area (Å²) in [5, 5.41) is 4.74. The van der Waals surface area contributed by atoms with Crippen molar-refractivity contribution in [3.63, 3.8) is 0 Å². The van der Waals surface area contributed by atoms with E-state index in [0.717, 1.165) is 50.1 Å². The maximum absolute atomic E-state index is 6.34. The average molecular weight is 730 g/mol. The summed E-state index contributed by atoms with van der Waals surface area (Å²) in [6, 6.07) is 72.8. The van der Waals surface area contributed by atoms with Crippen molar-refractivity contribution in [2.45, 2.75) is 19.3 Å². The van der Waals surface area contributed by atoms with Gasteiger partial charge in [-0.15, -0.1) is 0 Å².